The Morgan fingerprint density at radius 1 is 1.47 bits per heavy atom. The van der Waals surface area contributed by atoms with Crippen LogP contribution in [0.3, 0.4) is 0 Å². The Bertz CT molecular complexity index is 392. The molecule has 17 heavy (non-hydrogen) atoms. The lowest BCUT2D eigenvalue weighted by molar-refractivity contribution is 0.402. The van der Waals surface area contributed by atoms with Crippen molar-refractivity contribution in [3.63, 3.8) is 0 Å². The molecule has 1 heterocycles. The van der Waals surface area contributed by atoms with E-state index in [1.165, 1.54) is 22.1 Å². The lowest BCUT2D eigenvalue weighted by atomic mass is 10.1. The average Bonchev–Trinajstić information content (AvgIpc) is 2.32. The summed E-state index contributed by atoms with van der Waals surface area (Å²) in [5.74, 6) is 0. The van der Waals surface area contributed by atoms with Crippen molar-refractivity contribution in [2.75, 3.05) is 18.0 Å². The average molecular weight is 297 g/mol. The topological polar surface area (TPSA) is 15.3 Å². The number of piperazine rings is 1. The predicted molar refractivity (Wildman–Crippen MR) is 77.8 cm³/mol. The fourth-order valence-corrected chi connectivity index (χ4v) is 2.69. The first kappa shape index (κ1) is 12.9. The van der Waals surface area contributed by atoms with Gasteiger partial charge in [0, 0.05) is 35.3 Å². The number of nitrogens with zero attached hydrogens (tertiary/aromatic N) is 1. The molecule has 0 saturated carbocycles. The molecule has 2 rings (SSSR count). The van der Waals surface area contributed by atoms with Gasteiger partial charge in [-0.15, -0.1) is 0 Å². The van der Waals surface area contributed by atoms with Crippen molar-refractivity contribution in [3.8, 4) is 0 Å². The van der Waals surface area contributed by atoms with E-state index in [2.05, 4.69) is 65.1 Å². The number of halogens is 1. The molecule has 1 aromatic carbocycles. The van der Waals surface area contributed by atoms with E-state index in [0.29, 0.717) is 12.1 Å². The van der Waals surface area contributed by atoms with Gasteiger partial charge in [-0.3, -0.25) is 0 Å². The summed E-state index contributed by atoms with van der Waals surface area (Å²) in [6.45, 7) is 8.86. The molecule has 0 spiro atoms. The second-order valence-electron chi connectivity index (χ2n) is 4.96. The highest BCUT2D eigenvalue weighted by molar-refractivity contribution is 9.10. The van der Waals surface area contributed by atoms with E-state index in [1.54, 1.807) is 0 Å². The highest BCUT2D eigenvalue weighted by Crippen LogP contribution is 2.26. The molecule has 1 aliphatic heterocycles. The minimum Gasteiger partial charge on any atom is -0.366 e. The zero-order valence-corrected chi connectivity index (χ0v) is 12.4. The van der Waals surface area contributed by atoms with Crippen LogP contribution in [0.15, 0.2) is 22.7 Å². The van der Waals surface area contributed by atoms with Gasteiger partial charge in [-0.05, 0) is 44.0 Å². The van der Waals surface area contributed by atoms with E-state index in [-0.39, 0.29) is 0 Å². The van der Waals surface area contributed by atoms with Crippen LogP contribution in [-0.2, 0) is 0 Å². The number of hydrogen-bond acceptors (Lipinski definition) is 2. The van der Waals surface area contributed by atoms with Gasteiger partial charge in [-0.2, -0.15) is 0 Å². The fourth-order valence-electron chi connectivity index (χ4n) is 2.44. The minimum atomic E-state index is 0.571. The number of benzene rings is 1. The molecular weight excluding hydrogens is 276 g/mol. The van der Waals surface area contributed by atoms with Crippen molar-refractivity contribution in [2.24, 2.45) is 0 Å². The third-order valence-corrected chi connectivity index (χ3v) is 4.45. The number of anilines is 1. The SMILES string of the molecule is CCC1CNC(C)CN1c1ccc(Br)c(C)c1. The first-order chi connectivity index (χ1) is 8.11. The number of nitrogens with one attached hydrogen (secondary N) is 1. The van der Waals surface area contributed by atoms with Crippen molar-refractivity contribution in [1.82, 2.24) is 5.32 Å². The third kappa shape index (κ3) is 2.83. The van der Waals surface area contributed by atoms with Gasteiger partial charge in [0.1, 0.15) is 0 Å². The maximum absolute atomic E-state index is 3.57. The Kier molecular flexibility index (Phi) is 4.10. The summed E-state index contributed by atoms with van der Waals surface area (Å²) >= 11 is 3.57. The lowest BCUT2D eigenvalue weighted by Gasteiger charge is -2.41. The van der Waals surface area contributed by atoms with Gasteiger partial charge in [0.05, 0.1) is 0 Å². The molecular formula is C14H21BrN2. The molecule has 1 aromatic rings. The highest BCUT2D eigenvalue weighted by atomic mass is 79.9. The molecule has 2 unspecified atom stereocenters. The lowest BCUT2D eigenvalue weighted by Crippen LogP contribution is -2.55. The maximum atomic E-state index is 3.57. The summed E-state index contributed by atoms with van der Waals surface area (Å²) in [7, 11) is 0. The van der Waals surface area contributed by atoms with E-state index in [0.717, 1.165) is 13.1 Å². The van der Waals surface area contributed by atoms with Gasteiger partial charge in [-0.1, -0.05) is 22.9 Å². The van der Waals surface area contributed by atoms with Crippen LogP contribution in [0.2, 0.25) is 0 Å². The zero-order chi connectivity index (χ0) is 12.4. The molecule has 1 aliphatic rings. The highest BCUT2D eigenvalue weighted by Gasteiger charge is 2.24. The Balaban J connectivity index is 2.25. The van der Waals surface area contributed by atoms with Crippen LogP contribution >= 0.6 is 15.9 Å². The number of rotatable bonds is 2. The molecule has 3 heteroatoms. The summed E-state index contributed by atoms with van der Waals surface area (Å²) in [5, 5.41) is 3.56. The molecule has 94 valence electrons. The van der Waals surface area contributed by atoms with Crippen LogP contribution in [0.1, 0.15) is 25.8 Å². The molecule has 0 aromatic heterocycles. The van der Waals surface area contributed by atoms with Crippen molar-refractivity contribution >= 4 is 21.6 Å². The molecule has 0 amide bonds. The summed E-state index contributed by atoms with van der Waals surface area (Å²) in [6, 6.07) is 7.85. The normalized spacial score (nSPS) is 25.1. The number of aryl methyl sites for hydroxylation is 1. The molecule has 0 bridgehead atoms. The Labute approximate surface area is 113 Å². The van der Waals surface area contributed by atoms with Crippen LogP contribution in [0.25, 0.3) is 0 Å². The first-order valence-electron chi connectivity index (χ1n) is 6.38. The van der Waals surface area contributed by atoms with E-state index in [9.17, 15) is 0 Å². The summed E-state index contributed by atoms with van der Waals surface area (Å²) in [5.41, 5.74) is 2.66. The van der Waals surface area contributed by atoms with E-state index >= 15 is 0 Å². The maximum Gasteiger partial charge on any atom is 0.0412 e. The van der Waals surface area contributed by atoms with E-state index < -0.39 is 0 Å². The van der Waals surface area contributed by atoms with Gasteiger partial charge in [0.2, 0.25) is 0 Å². The Hall–Kier alpha value is -0.540. The van der Waals surface area contributed by atoms with Crippen molar-refractivity contribution in [1.29, 1.82) is 0 Å². The van der Waals surface area contributed by atoms with E-state index in [1.807, 2.05) is 0 Å². The standard InChI is InChI=1S/C14H21BrN2/c1-4-12-8-16-11(3)9-17(12)13-5-6-14(15)10(2)7-13/h5-7,11-12,16H,4,8-9H2,1-3H3. The number of hydrogen-bond donors (Lipinski definition) is 1. The fraction of sp³-hybridized carbons (Fsp3) is 0.571. The first-order valence-corrected chi connectivity index (χ1v) is 7.17. The summed E-state index contributed by atoms with van der Waals surface area (Å²) in [4.78, 5) is 2.54. The second-order valence-corrected chi connectivity index (χ2v) is 5.81. The van der Waals surface area contributed by atoms with Crippen LogP contribution in [0.5, 0.6) is 0 Å². The monoisotopic (exact) mass is 296 g/mol. The second kappa shape index (κ2) is 5.40. The zero-order valence-electron chi connectivity index (χ0n) is 10.8. The summed E-state index contributed by atoms with van der Waals surface area (Å²) < 4.78 is 1.19. The van der Waals surface area contributed by atoms with Crippen molar-refractivity contribution in [3.05, 3.63) is 28.2 Å². The minimum absolute atomic E-state index is 0.571. The predicted octanol–water partition coefficient (Wildman–Crippen LogP) is 3.33. The van der Waals surface area contributed by atoms with Crippen LogP contribution in [0.4, 0.5) is 5.69 Å². The molecule has 1 fully saturated rings. The smallest absolute Gasteiger partial charge is 0.0412 e. The summed E-state index contributed by atoms with van der Waals surface area (Å²) in [6.07, 6.45) is 1.19. The third-order valence-electron chi connectivity index (χ3n) is 3.56. The molecule has 1 saturated heterocycles. The molecule has 1 N–H and O–H groups in total. The molecule has 0 aliphatic carbocycles. The van der Waals surface area contributed by atoms with Gasteiger partial charge in [0.25, 0.3) is 0 Å². The quantitative estimate of drug-likeness (QED) is 0.900. The van der Waals surface area contributed by atoms with Crippen LogP contribution in [0, 0.1) is 6.92 Å². The molecule has 2 nitrogen and oxygen atoms in total. The van der Waals surface area contributed by atoms with Gasteiger partial charge < -0.3 is 10.2 Å². The van der Waals surface area contributed by atoms with Crippen LogP contribution < -0.4 is 10.2 Å². The van der Waals surface area contributed by atoms with Gasteiger partial charge in [-0.25, -0.2) is 0 Å². The van der Waals surface area contributed by atoms with Gasteiger partial charge >= 0.3 is 0 Å². The largest absolute Gasteiger partial charge is 0.366 e. The Morgan fingerprint density at radius 3 is 2.88 bits per heavy atom. The molecule has 0 radical (unpaired) electrons. The van der Waals surface area contributed by atoms with Crippen molar-refractivity contribution < 1.29 is 0 Å². The van der Waals surface area contributed by atoms with Gasteiger partial charge in [0.15, 0.2) is 0 Å². The molecule has 2 atom stereocenters. The van der Waals surface area contributed by atoms with E-state index in [4.69, 9.17) is 0 Å². The Morgan fingerprint density at radius 2 is 2.24 bits per heavy atom. The van der Waals surface area contributed by atoms with Crippen LogP contribution in [-0.4, -0.2) is 25.2 Å². The van der Waals surface area contributed by atoms with Crippen molar-refractivity contribution in [2.45, 2.75) is 39.3 Å².